The molecule has 0 radical (unpaired) electrons. The van der Waals surface area contributed by atoms with Crippen LogP contribution in [0.25, 0.3) is 0 Å². The van der Waals surface area contributed by atoms with E-state index in [0.29, 0.717) is 10.6 Å². The monoisotopic (exact) mass is 352 g/mol. The van der Waals surface area contributed by atoms with Crippen LogP contribution in [0, 0.1) is 6.92 Å². The Morgan fingerprint density at radius 1 is 1.20 bits per heavy atom. The van der Waals surface area contributed by atoms with Crippen molar-refractivity contribution in [3.05, 3.63) is 57.0 Å². The molecule has 2 rings (SSSR count). The maximum absolute atomic E-state index is 12.3. The molecule has 0 saturated carbocycles. The summed E-state index contributed by atoms with van der Waals surface area (Å²) in [6.07, 6.45) is 0. The summed E-state index contributed by atoms with van der Waals surface area (Å²) in [5.74, 6) is -0.196. The van der Waals surface area contributed by atoms with Gasteiger partial charge in [0.15, 0.2) is 0 Å². The molecular weight excluding hydrogens is 340 g/mol. The standard InChI is InChI=1S/C15H14BrClN2O/c1-9-7-11(4-5-13(9)16)19-15(20)12-8-10(17)3-6-14(12)18-2/h3-8,18H,1-2H3,(H,19,20). The van der Waals surface area contributed by atoms with Crippen LogP contribution in [0.4, 0.5) is 11.4 Å². The normalized spacial score (nSPS) is 10.2. The lowest BCUT2D eigenvalue weighted by Gasteiger charge is -2.11. The summed E-state index contributed by atoms with van der Waals surface area (Å²) in [4.78, 5) is 12.3. The van der Waals surface area contributed by atoms with Gasteiger partial charge in [0.25, 0.3) is 5.91 Å². The minimum absolute atomic E-state index is 0.196. The quantitative estimate of drug-likeness (QED) is 0.839. The van der Waals surface area contributed by atoms with E-state index in [4.69, 9.17) is 11.6 Å². The lowest BCUT2D eigenvalue weighted by Crippen LogP contribution is -2.14. The molecule has 2 aromatic carbocycles. The number of halogens is 2. The molecule has 2 N–H and O–H groups in total. The van der Waals surface area contributed by atoms with Gasteiger partial charge in [0.1, 0.15) is 0 Å². The summed E-state index contributed by atoms with van der Waals surface area (Å²) in [7, 11) is 1.77. The van der Waals surface area contributed by atoms with Crippen LogP contribution in [0.5, 0.6) is 0 Å². The molecule has 0 aromatic heterocycles. The third-order valence-corrected chi connectivity index (χ3v) is 4.04. The number of anilines is 2. The smallest absolute Gasteiger partial charge is 0.257 e. The van der Waals surface area contributed by atoms with Crippen molar-refractivity contribution in [3.8, 4) is 0 Å². The summed E-state index contributed by atoms with van der Waals surface area (Å²) in [5, 5.41) is 6.38. The van der Waals surface area contributed by atoms with Gasteiger partial charge in [-0.3, -0.25) is 4.79 Å². The Labute approximate surface area is 131 Å². The van der Waals surface area contributed by atoms with Gasteiger partial charge in [-0.2, -0.15) is 0 Å². The van der Waals surface area contributed by atoms with Crippen molar-refractivity contribution in [1.82, 2.24) is 0 Å². The van der Waals surface area contributed by atoms with Crippen molar-refractivity contribution in [2.75, 3.05) is 17.7 Å². The molecule has 2 aromatic rings. The number of rotatable bonds is 3. The third-order valence-electron chi connectivity index (χ3n) is 2.91. The third kappa shape index (κ3) is 3.32. The molecule has 0 aliphatic carbocycles. The fraction of sp³-hybridized carbons (Fsp3) is 0.133. The van der Waals surface area contributed by atoms with Gasteiger partial charge in [-0.25, -0.2) is 0 Å². The Kier molecular flexibility index (Phi) is 4.68. The molecule has 0 saturated heterocycles. The number of aryl methyl sites for hydroxylation is 1. The van der Waals surface area contributed by atoms with Crippen molar-refractivity contribution in [2.45, 2.75) is 6.92 Å². The van der Waals surface area contributed by atoms with E-state index < -0.39 is 0 Å². The molecule has 5 heteroatoms. The highest BCUT2D eigenvalue weighted by Gasteiger charge is 2.12. The van der Waals surface area contributed by atoms with Crippen molar-refractivity contribution in [2.24, 2.45) is 0 Å². The molecule has 20 heavy (non-hydrogen) atoms. The predicted molar refractivity (Wildman–Crippen MR) is 87.8 cm³/mol. The summed E-state index contributed by atoms with van der Waals surface area (Å²) < 4.78 is 1.01. The number of benzene rings is 2. The molecule has 3 nitrogen and oxygen atoms in total. The highest BCUT2D eigenvalue weighted by Crippen LogP contribution is 2.23. The first kappa shape index (κ1) is 14.9. The summed E-state index contributed by atoms with van der Waals surface area (Å²) in [5.41, 5.74) is 3.06. The largest absolute Gasteiger partial charge is 0.387 e. The first-order valence-electron chi connectivity index (χ1n) is 6.06. The number of amides is 1. The fourth-order valence-electron chi connectivity index (χ4n) is 1.84. The van der Waals surface area contributed by atoms with Crippen LogP contribution in [-0.4, -0.2) is 13.0 Å². The van der Waals surface area contributed by atoms with Gasteiger partial charge in [0.2, 0.25) is 0 Å². The minimum atomic E-state index is -0.196. The van der Waals surface area contributed by atoms with E-state index in [2.05, 4.69) is 26.6 Å². The zero-order valence-corrected chi connectivity index (χ0v) is 13.5. The van der Waals surface area contributed by atoms with E-state index >= 15 is 0 Å². The molecule has 1 amide bonds. The SMILES string of the molecule is CNc1ccc(Cl)cc1C(=O)Nc1ccc(Br)c(C)c1. The molecular formula is C15H14BrClN2O. The second-order valence-corrected chi connectivity index (χ2v) is 5.65. The van der Waals surface area contributed by atoms with E-state index in [9.17, 15) is 4.79 Å². The Hall–Kier alpha value is -1.52. The van der Waals surface area contributed by atoms with Crippen LogP contribution in [0.15, 0.2) is 40.9 Å². The van der Waals surface area contributed by atoms with E-state index in [-0.39, 0.29) is 5.91 Å². The number of nitrogens with one attached hydrogen (secondary N) is 2. The summed E-state index contributed by atoms with van der Waals surface area (Å²) in [6.45, 7) is 1.97. The van der Waals surface area contributed by atoms with Crippen molar-refractivity contribution in [3.63, 3.8) is 0 Å². The first-order chi connectivity index (χ1) is 9.51. The van der Waals surface area contributed by atoms with Crippen LogP contribution < -0.4 is 10.6 Å². The van der Waals surface area contributed by atoms with Gasteiger partial charge in [0.05, 0.1) is 5.56 Å². The Morgan fingerprint density at radius 3 is 2.60 bits per heavy atom. The van der Waals surface area contributed by atoms with Crippen LogP contribution in [-0.2, 0) is 0 Å². The fourth-order valence-corrected chi connectivity index (χ4v) is 2.26. The lowest BCUT2D eigenvalue weighted by molar-refractivity contribution is 0.102. The second-order valence-electron chi connectivity index (χ2n) is 4.36. The highest BCUT2D eigenvalue weighted by molar-refractivity contribution is 9.10. The number of hydrogen-bond donors (Lipinski definition) is 2. The summed E-state index contributed by atoms with van der Waals surface area (Å²) in [6, 6.07) is 10.8. The molecule has 0 aliphatic rings. The molecule has 104 valence electrons. The number of carbonyl (C=O) groups excluding carboxylic acids is 1. The molecule has 0 atom stereocenters. The zero-order chi connectivity index (χ0) is 14.7. The molecule has 0 aliphatic heterocycles. The van der Waals surface area contributed by atoms with Crippen LogP contribution in [0.2, 0.25) is 5.02 Å². The van der Waals surface area contributed by atoms with E-state index in [1.54, 1.807) is 25.2 Å². The van der Waals surface area contributed by atoms with Gasteiger partial charge in [-0.15, -0.1) is 0 Å². The van der Waals surface area contributed by atoms with Gasteiger partial charge >= 0.3 is 0 Å². The van der Waals surface area contributed by atoms with Gasteiger partial charge in [-0.1, -0.05) is 27.5 Å². The Bertz CT molecular complexity index is 658. The minimum Gasteiger partial charge on any atom is -0.387 e. The van der Waals surface area contributed by atoms with Crippen LogP contribution >= 0.6 is 27.5 Å². The number of carbonyl (C=O) groups is 1. The molecule has 0 fully saturated rings. The summed E-state index contributed by atoms with van der Waals surface area (Å²) >= 11 is 9.39. The molecule has 0 heterocycles. The zero-order valence-electron chi connectivity index (χ0n) is 11.1. The Balaban J connectivity index is 2.27. The Morgan fingerprint density at radius 2 is 1.95 bits per heavy atom. The van der Waals surface area contributed by atoms with E-state index in [0.717, 1.165) is 21.4 Å². The van der Waals surface area contributed by atoms with Crippen molar-refractivity contribution in [1.29, 1.82) is 0 Å². The maximum Gasteiger partial charge on any atom is 0.257 e. The molecule has 0 unspecified atom stereocenters. The van der Waals surface area contributed by atoms with Crippen LogP contribution in [0.3, 0.4) is 0 Å². The van der Waals surface area contributed by atoms with Gasteiger partial charge < -0.3 is 10.6 Å². The van der Waals surface area contributed by atoms with Gasteiger partial charge in [0, 0.05) is 27.9 Å². The lowest BCUT2D eigenvalue weighted by atomic mass is 10.1. The van der Waals surface area contributed by atoms with Crippen molar-refractivity contribution < 1.29 is 4.79 Å². The first-order valence-corrected chi connectivity index (χ1v) is 7.23. The van der Waals surface area contributed by atoms with Gasteiger partial charge in [-0.05, 0) is 48.9 Å². The van der Waals surface area contributed by atoms with E-state index in [1.165, 1.54) is 0 Å². The average Bonchev–Trinajstić information content (AvgIpc) is 2.43. The second kappa shape index (κ2) is 6.29. The van der Waals surface area contributed by atoms with E-state index in [1.807, 2.05) is 25.1 Å². The van der Waals surface area contributed by atoms with Crippen molar-refractivity contribution >= 4 is 44.8 Å². The van der Waals surface area contributed by atoms with Crippen LogP contribution in [0.1, 0.15) is 15.9 Å². The molecule has 0 spiro atoms. The number of hydrogen-bond acceptors (Lipinski definition) is 2. The highest BCUT2D eigenvalue weighted by atomic mass is 79.9. The topological polar surface area (TPSA) is 41.1 Å². The maximum atomic E-state index is 12.3. The average molecular weight is 354 g/mol. The predicted octanol–water partition coefficient (Wildman–Crippen LogP) is 4.70. The molecule has 0 bridgehead atoms.